The van der Waals surface area contributed by atoms with Crippen molar-refractivity contribution < 1.29 is 23.9 Å². The highest BCUT2D eigenvalue weighted by atomic mass is 16.5. The van der Waals surface area contributed by atoms with Crippen molar-refractivity contribution in [3.63, 3.8) is 0 Å². The van der Waals surface area contributed by atoms with E-state index < -0.39 is 30.2 Å². The third-order valence-electron chi connectivity index (χ3n) is 6.70. The Morgan fingerprint density at radius 1 is 1.12 bits per heavy atom. The first-order chi connectivity index (χ1) is 14.7. The molecule has 32 heavy (non-hydrogen) atoms. The van der Waals surface area contributed by atoms with Gasteiger partial charge in [0.15, 0.2) is 6.10 Å². The highest BCUT2D eigenvalue weighted by Crippen LogP contribution is 2.46. The molecule has 1 aliphatic carbocycles. The number of urea groups is 1. The zero-order chi connectivity index (χ0) is 24.0. The number of Topliss-reactive ketones (excluding diaryl/α,β-unsaturated/α-hetero) is 1. The van der Waals surface area contributed by atoms with E-state index in [9.17, 15) is 19.2 Å². The fourth-order valence-corrected chi connectivity index (χ4v) is 5.51. The van der Waals surface area contributed by atoms with Gasteiger partial charge < -0.3 is 10.1 Å². The summed E-state index contributed by atoms with van der Waals surface area (Å²) in [5, 5.41) is 2.84. The van der Waals surface area contributed by atoms with Crippen LogP contribution in [0.2, 0.25) is 0 Å². The summed E-state index contributed by atoms with van der Waals surface area (Å²) < 4.78 is 5.33. The number of nitrogens with one attached hydrogen (secondary N) is 1. The van der Waals surface area contributed by atoms with E-state index in [0.717, 1.165) is 28.0 Å². The summed E-state index contributed by atoms with van der Waals surface area (Å²) in [6.45, 7) is 13.0. The van der Waals surface area contributed by atoms with Crippen molar-refractivity contribution in [2.45, 2.75) is 79.4 Å². The van der Waals surface area contributed by atoms with Gasteiger partial charge in [0, 0.05) is 5.56 Å². The minimum atomic E-state index is -1.02. The van der Waals surface area contributed by atoms with E-state index >= 15 is 0 Å². The van der Waals surface area contributed by atoms with Gasteiger partial charge in [-0.3, -0.25) is 19.3 Å². The Morgan fingerprint density at radius 3 is 2.38 bits per heavy atom. The lowest BCUT2D eigenvalue weighted by Crippen LogP contribution is -2.54. The lowest BCUT2D eigenvalue weighted by molar-refractivity contribution is -0.150. The average molecular weight is 443 g/mol. The van der Waals surface area contributed by atoms with E-state index in [-0.39, 0.29) is 23.0 Å². The van der Waals surface area contributed by atoms with Crippen LogP contribution in [0.5, 0.6) is 0 Å². The number of esters is 1. The average Bonchev–Trinajstić information content (AvgIpc) is 2.85. The maximum atomic E-state index is 13.2. The van der Waals surface area contributed by atoms with Gasteiger partial charge in [-0.25, -0.2) is 4.79 Å². The quantitative estimate of drug-likeness (QED) is 0.425. The molecule has 2 fully saturated rings. The van der Waals surface area contributed by atoms with Crippen molar-refractivity contribution in [2.75, 3.05) is 6.54 Å². The summed E-state index contributed by atoms with van der Waals surface area (Å²) in [6, 6.07) is 3.14. The SMILES string of the molecule is Cc1cc(C)c(C(=O)C(C)OC(=O)CN2C(=O)NC3(CC(C)CC(C)(C)C3)C2=O)cc1C. The molecule has 3 amide bonds. The number of benzene rings is 1. The Bertz CT molecular complexity index is 983. The van der Waals surface area contributed by atoms with E-state index in [1.54, 1.807) is 6.07 Å². The number of amides is 3. The van der Waals surface area contributed by atoms with Crippen LogP contribution < -0.4 is 5.32 Å². The fourth-order valence-electron chi connectivity index (χ4n) is 5.51. The molecule has 1 spiro atoms. The van der Waals surface area contributed by atoms with Crippen molar-refractivity contribution >= 4 is 23.7 Å². The molecule has 1 heterocycles. The zero-order valence-electron chi connectivity index (χ0n) is 20.1. The van der Waals surface area contributed by atoms with Crippen LogP contribution in [0.1, 0.15) is 74.0 Å². The van der Waals surface area contributed by atoms with Crippen LogP contribution in [0, 0.1) is 32.1 Å². The van der Waals surface area contributed by atoms with Gasteiger partial charge in [-0.05, 0) is 81.0 Å². The number of hydrogen-bond donors (Lipinski definition) is 1. The third-order valence-corrected chi connectivity index (χ3v) is 6.70. The molecule has 1 aliphatic heterocycles. The van der Waals surface area contributed by atoms with Crippen LogP contribution in [-0.4, -0.2) is 46.8 Å². The molecule has 3 unspecified atom stereocenters. The molecule has 3 rings (SSSR count). The molecule has 1 saturated carbocycles. The Labute approximate surface area is 189 Å². The monoisotopic (exact) mass is 442 g/mol. The molecule has 3 atom stereocenters. The third kappa shape index (κ3) is 4.57. The number of rotatable bonds is 5. The topological polar surface area (TPSA) is 92.8 Å². The zero-order valence-corrected chi connectivity index (χ0v) is 20.1. The number of ketones is 1. The summed E-state index contributed by atoms with van der Waals surface area (Å²) in [4.78, 5) is 52.1. The highest BCUT2D eigenvalue weighted by Gasteiger charge is 2.56. The lowest BCUT2D eigenvalue weighted by Gasteiger charge is -2.43. The second kappa shape index (κ2) is 8.34. The molecule has 1 aromatic rings. The van der Waals surface area contributed by atoms with Crippen LogP contribution in [-0.2, 0) is 14.3 Å². The Balaban J connectivity index is 1.68. The predicted octanol–water partition coefficient (Wildman–Crippen LogP) is 3.86. The maximum absolute atomic E-state index is 13.2. The molecule has 174 valence electrons. The lowest BCUT2D eigenvalue weighted by atomic mass is 9.64. The molecule has 7 heteroatoms. The van der Waals surface area contributed by atoms with Gasteiger partial charge in [-0.2, -0.15) is 0 Å². The summed E-state index contributed by atoms with van der Waals surface area (Å²) in [5.74, 6) is -1.21. The van der Waals surface area contributed by atoms with Crippen molar-refractivity contribution in [1.29, 1.82) is 0 Å². The van der Waals surface area contributed by atoms with Crippen molar-refractivity contribution in [3.8, 4) is 0 Å². The number of carbonyl (C=O) groups excluding carboxylic acids is 4. The number of carbonyl (C=O) groups is 4. The van der Waals surface area contributed by atoms with Gasteiger partial charge in [0.05, 0.1) is 0 Å². The van der Waals surface area contributed by atoms with Crippen LogP contribution >= 0.6 is 0 Å². The van der Waals surface area contributed by atoms with E-state index in [2.05, 4.69) is 26.1 Å². The maximum Gasteiger partial charge on any atom is 0.326 e. The molecular formula is C25H34N2O5. The second-order valence-corrected chi connectivity index (χ2v) is 10.5. The molecule has 2 aliphatic rings. The Hall–Kier alpha value is -2.70. The van der Waals surface area contributed by atoms with Gasteiger partial charge in [0.1, 0.15) is 12.1 Å². The highest BCUT2D eigenvalue weighted by molar-refractivity contribution is 6.09. The second-order valence-electron chi connectivity index (χ2n) is 10.5. The number of aryl methyl sites for hydroxylation is 3. The van der Waals surface area contributed by atoms with E-state index in [1.807, 2.05) is 26.8 Å². The van der Waals surface area contributed by atoms with Gasteiger partial charge >= 0.3 is 12.0 Å². The molecular weight excluding hydrogens is 408 g/mol. The van der Waals surface area contributed by atoms with Crippen LogP contribution in [0.3, 0.4) is 0 Å². The first-order valence-electron chi connectivity index (χ1n) is 11.2. The molecule has 1 N–H and O–H groups in total. The Kier molecular flexibility index (Phi) is 6.24. The first-order valence-corrected chi connectivity index (χ1v) is 11.2. The molecule has 1 saturated heterocycles. The number of nitrogens with zero attached hydrogens (tertiary/aromatic N) is 1. The number of hydrogen-bond acceptors (Lipinski definition) is 5. The smallest absolute Gasteiger partial charge is 0.326 e. The normalized spacial score (nSPS) is 25.6. The van der Waals surface area contributed by atoms with Crippen molar-refractivity contribution in [1.82, 2.24) is 10.2 Å². The minimum Gasteiger partial charge on any atom is -0.453 e. The molecule has 0 aromatic heterocycles. The molecule has 0 radical (unpaired) electrons. The van der Waals surface area contributed by atoms with Gasteiger partial charge in [0.25, 0.3) is 5.91 Å². The molecule has 0 bridgehead atoms. The van der Waals surface area contributed by atoms with Crippen molar-refractivity contribution in [2.24, 2.45) is 11.3 Å². The van der Waals surface area contributed by atoms with Gasteiger partial charge in [-0.1, -0.05) is 26.8 Å². The van der Waals surface area contributed by atoms with E-state index in [4.69, 9.17) is 4.74 Å². The Morgan fingerprint density at radius 2 is 1.75 bits per heavy atom. The van der Waals surface area contributed by atoms with E-state index in [1.165, 1.54) is 6.92 Å². The van der Waals surface area contributed by atoms with Gasteiger partial charge in [-0.15, -0.1) is 0 Å². The number of imide groups is 1. The van der Waals surface area contributed by atoms with Crippen LogP contribution in [0.4, 0.5) is 4.79 Å². The predicted molar refractivity (Wildman–Crippen MR) is 120 cm³/mol. The summed E-state index contributed by atoms with van der Waals surface area (Å²) in [6.07, 6.45) is 1.03. The first kappa shape index (κ1) is 24.0. The largest absolute Gasteiger partial charge is 0.453 e. The van der Waals surface area contributed by atoms with Crippen LogP contribution in [0.15, 0.2) is 12.1 Å². The number of ether oxygens (including phenoxy) is 1. The van der Waals surface area contributed by atoms with E-state index in [0.29, 0.717) is 18.4 Å². The summed E-state index contributed by atoms with van der Waals surface area (Å²) >= 11 is 0. The minimum absolute atomic E-state index is 0.0952. The molecule has 1 aromatic carbocycles. The summed E-state index contributed by atoms with van der Waals surface area (Å²) in [7, 11) is 0. The van der Waals surface area contributed by atoms with Crippen molar-refractivity contribution in [3.05, 3.63) is 34.4 Å². The fraction of sp³-hybridized carbons (Fsp3) is 0.600. The standard InChI is InChI=1S/C25H34N2O5/c1-14-10-24(6,7)13-25(11-14)22(30)27(23(31)26-25)12-20(28)32-18(5)21(29)19-9-16(3)15(2)8-17(19)4/h8-9,14,18H,10-13H2,1-7H3,(H,26,31). The summed E-state index contributed by atoms with van der Waals surface area (Å²) in [5.41, 5.74) is 2.30. The van der Waals surface area contributed by atoms with Gasteiger partial charge in [0.2, 0.25) is 5.78 Å². The van der Waals surface area contributed by atoms with Crippen LogP contribution in [0.25, 0.3) is 0 Å². The molecule has 7 nitrogen and oxygen atoms in total.